The molecular formula is C12H19N5O5. The summed E-state index contributed by atoms with van der Waals surface area (Å²) in [6.07, 6.45) is -0.984. The molecule has 10 nitrogen and oxygen atoms in total. The SMILES string of the molecule is CC(C)(O)[C@H](O)C(CO)OCn1cnc2c(=O)[nH]c(N)nc21. The number of aliphatic hydroxyl groups is 3. The van der Waals surface area contributed by atoms with Crippen molar-refractivity contribution >= 4 is 17.1 Å². The Morgan fingerprint density at radius 3 is 2.82 bits per heavy atom. The van der Waals surface area contributed by atoms with E-state index in [0.29, 0.717) is 0 Å². The molecule has 22 heavy (non-hydrogen) atoms. The van der Waals surface area contributed by atoms with Crippen LogP contribution in [0.1, 0.15) is 13.8 Å². The monoisotopic (exact) mass is 313 g/mol. The smallest absolute Gasteiger partial charge is 0.280 e. The van der Waals surface area contributed by atoms with Crippen molar-refractivity contribution < 1.29 is 20.1 Å². The largest absolute Gasteiger partial charge is 0.394 e. The zero-order chi connectivity index (χ0) is 16.5. The van der Waals surface area contributed by atoms with Crippen LogP contribution in [-0.2, 0) is 11.5 Å². The molecule has 2 rings (SSSR count). The summed E-state index contributed by atoms with van der Waals surface area (Å²) in [6.45, 7) is 2.18. The molecular weight excluding hydrogens is 294 g/mol. The van der Waals surface area contributed by atoms with Crippen molar-refractivity contribution in [2.24, 2.45) is 0 Å². The highest BCUT2D eigenvalue weighted by Crippen LogP contribution is 2.15. The van der Waals surface area contributed by atoms with E-state index in [2.05, 4.69) is 15.0 Å². The van der Waals surface area contributed by atoms with Gasteiger partial charge in [0.25, 0.3) is 5.56 Å². The normalized spacial score (nSPS) is 15.1. The van der Waals surface area contributed by atoms with Gasteiger partial charge >= 0.3 is 0 Å². The molecule has 6 N–H and O–H groups in total. The lowest BCUT2D eigenvalue weighted by atomic mass is 9.97. The number of nitrogen functional groups attached to an aromatic ring is 1. The van der Waals surface area contributed by atoms with Crippen molar-refractivity contribution in [2.75, 3.05) is 12.3 Å². The number of imidazole rings is 1. The summed E-state index contributed by atoms with van der Waals surface area (Å²) >= 11 is 0. The number of nitrogens with two attached hydrogens (primary N) is 1. The molecule has 2 atom stereocenters. The van der Waals surface area contributed by atoms with Crippen molar-refractivity contribution in [1.82, 2.24) is 19.5 Å². The number of hydrogen-bond donors (Lipinski definition) is 5. The summed E-state index contributed by atoms with van der Waals surface area (Å²) in [7, 11) is 0. The van der Waals surface area contributed by atoms with E-state index in [1.54, 1.807) is 0 Å². The van der Waals surface area contributed by atoms with Crippen LogP contribution in [0.4, 0.5) is 5.95 Å². The zero-order valence-corrected chi connectivity index (χ0v) is 12.2. The molecule has 0 spiro atoms. The molecule has 1 unspecified atom stereocenters. The molecule has 0 aromatic carbocycles. The number of fused-ring (bicyclic) bond motifs is 1. The number of hydrogen-bond acceptors (Lipinski definition) is 8. The number of anilines is 1. The number of ether oxygens (including phenoxy) is 1. The van der Waals surface area contributed by atoms with E-state index in [-0.39, 0.29) is 23.8 Å². The average Bonchev–Trinajstić information content (AvgIpc) is 2.81. The standard InChI is InChI=1S/C12H19N5O5/c1-12(2,21)8(19)6(3-18)22-5-17-4-14-7-9(17)15-11(13)16-10(7)20/h4,6,8,18-19,21H,3,5H2,1-2H3,(H3,13,15,16,20)/t6?,8-/m1/s1. The molecule has 0 amide bonds. The second kappa shape index (κ2) is 6.01. The highest BCUT2D eigenvalue weighted by molar-refractivity contribution is 5.70. The predicted molar refractivity (Wildman–Crippen MR) is 76.8 cm³/mol. The third-order valence-electron chi connectivity index (χ3n) is 3.18. The molecule has 0 saturated carbocycles. The second-order valence-corrected chi connectivity index (χ2v) is 5.45. The van der Waals surface area contributed by atoms with Gasteiger partial charge in [0.05, 0.1) is 18.5 Å². The molecule has 2 aromatic rings. The maximum atomic E-state index is 11.6. The van der Waals surface area contributed by atoms with Gasteiger partial charge in [-0.2, -0.15) is 4.98 Å². The van der Waals surface area contributed by atoms with Gasteiger partial charge in [-0.25, -0.2) is 4.98 Å². The van der Waals surface area contributed by atoms with Crippen LogP contribution in [0.25, 0.3) is 11.2 Å². The molecule has 0 aliphatic carbocycles. The summed E-state index contributed by atoms with van der Waals surface area (Å²) in [5, 5.41) is 29.0. The minimum atomic E-state index is -1.44. The topological polar surface area (TPSA) is 160 Å². The molecule has 0 saturated heterocycles. The maximum Gasteiger partial charge on any atom is 0.280 e. The molecule has 122 valence electrons. The minimum Gasteiger partial charge on any atom is -0.394 e. The Labute approximate surface area is 125 Å². The zero-order valence-electron chi connectivity index (χ0n) is 12.2. The van der Waals surface area contributed by atoms with Crippen LogP contribution in [0.5, 0.6) is 0 Å². The third-order valence-corrected chi connectivity index (χ3v) is 3.18. The summed E-state index contributed by atoms with van der Waals surface area (Å²) in [4.78, 5) is 21.8. The van der Waals surface area contributed by atoms with Crippen molar-refractivity contribution in [1.29, 1.82) is 0 Å². The van der Waals surface area contributed by atoms with E-state index in [1.807, 2.05) is 0 Å². The van der Waals surface area contributed by atoms with Crippen molar-refractivity contribution in [3.63, 3.8) is 0 Å². The van der Waals surface area contributed by atoms with E-state index >= 15 is 0 Å². The first kappa shape index (κ1) is 16.4. The van der Waals surface area contributed by atoms with Crippen LogP contribution in [0, 0.1) is 0 Å². The number of aliphatic hydroxyl groups excluding tert-OH is 2. The first-order valence-electron chi connectivity index (χ1n) is 6.57. The van der Waals surface area contributed by atoms with Crippen LogP contribution in [-0.4, -0.2) is 59.3 Å². The van der Waals surface area contributed by atoms with Gasteiger partial charge < -0.3 is 25.8 Å². The lowest BCUT2D eigenvalue weighted by molar-refractivity contribution is -0.151. The van der Waals surface area contributed by atoms with E-state index in [4.69, 9.17) is 10.5 Å². The van der Waals surface area contributed by atoms with Gasteiger partial charge in [-0.1, -0.05) is 0 Å². The maximum absolute atomic E-state index is 11.6. The molecule has 0 radical (unpaired) electrons. The summed E-state index contributed by atoms with van der Waals surface area (Å²) in [5.41, 5.74) is 3.88. The number of nitrogens with one attached hydrogen (secondary N) is 1. The molecule has 0 aliphatic rings. The van der Waals surface area contributed by atoms with Crippen LogP contribution in [0.15, 0.2) is 11.1 Å². The minimum absolute atomic E-state index is 0.0607. The molecule has 10 heteroatoms. The number of rotatable bonds is 6. The van der Waals surface area contributed by atoms with Gasteiger partial charge in [-0.3, -0.25) is 14.3 Å². The highest BCUT2D eigenvalue weighted by Gasteiger charge is 2.32. The van der Waals surface area contributed by atoms with Gasteiger partial charge in [0.2, 0.25) is 5.95 Å². The quantitative estimate of drug-likeness (QED) is 0.416. The number of aromatic nitrogens is 4. The van der Waals surface area contributed by atoms with E-state index in [9.17, 15) is 20.1 Å². The number of nitrogens with zero attached hydrogens (tertiary/aromatic N) is 3. The summed E-state index contributed by atoms with van der Waals surface area (Å²) in [6, 6.07) is 0. The lowest BCUT2D eigenvalue weighted by Crippen LogP contribution is -2.47. The van der Waals surface area contributed by atoms with Gasteiger partial charge in [0.15, 0.2) is 11.2 Å². The molecule has 0 bridgehead atoms. The van der Waals surface area contributed by atoms with Crippen molar-refractivity contribution in [2.45, 2.75) is 38.4 Å². The summed E-state index contributed by atoms with van der Waals surface area (Å²) in [5.74, 6) is -0.0607. The number of aromatic amines is 1. The van der Waals surface area contributed by atoms with E-state index < -0.39 is 30.0 Å². The fourth-order valence-corrected chi connectivity index (χ4v) is 1.94. The van der Waals surface area contributed by atoms with Gasteiger partial charge in [0.1, 0.15) is 18.9 Å². The van der Waals surface area contributed by atoms with E-state index in [0.717, 1.165) is 0 Å². The van der Waals surface area contributed by atoms with Crippen LogP contribution < -0.4 is 11.3 Å². The molecule has 0 fully saturated rings. The summed E-state index contributed by atoms with van der Waals surface area (Å²) < 4.78 is 6.79. The second-order valence-electron chi connectivity index (χ2n) is 5.45. The fraction of sp³-hybridized carbons (Fsp3) is 0.583. The molecule has 0 aliphatic heterocycles. The first-order chi connectivity index (χ1) is 10.2. The molecule has 2 heterocycles. The van der Waals surface area contributed by atoms with Crippen LogP contribution >= 0.6 is 0 Å². The fourth-order valence-electron chi connectivity index (χ4n) is 1.94. The van der Waals surface area contributed by atoms with Crippen LogP contribution in [0.2, 0.25) is 0 Å². The Balaban J connectivity index is 2.19. The Morgan fingerprint density at radius 2 is 2.23 bits per heavy atom. The number of H-pyrrole nitrogens is 1. The Morgan fingerprint density at radius 1 is 1.55 bits per heavy atom. The lowest BCUT2D eigenvalue weighted by Gasteiger charge is -2.30. The van der Waals surface area contributed by atoms with Crippen molar-refractivity contribution in [3.05, 3.63) is 16.7 Å². The Kier molecular flexibility index (Phi) is 4.47. The van der Waals surface area contributed by atoms with Crippen LogP contribution in [0.3, 0.4) is 0 Å². The van der Waals surface area contributed by atoms with Gasteiger partial charge in [-0.05, 0) is 13.8 Å². The Bertz CT molecular complexity index is 704. The van der Waals surface area contributed by atoms with E-state index in [1.165, 1.54) is 24.7 Å². The highest BCUT2D eigenvalue weighted by atomic mass is 16.5. The van der Waals surface area contributed by atoms with Crippen molar-refractivity contribution in [3.8, 4) is 0 Å². The first-order valence-corrected chi connectivity index (χ1v) is 6.57. The van der Waals surface area contributed by atoms with Gasteiger partial charge in [0, 0.05) is 0 Å². The molecule has 2 aromatic heterocycles. The predicted octanol–water partition coefficient (Wildman–Crippen LogP) is -1.83. The third kappa shape index (κ3) is 3.25. The van der Waals surface area contributed by atoms with Gasteiger partial charge in [-0.15, -0.1) is 0 Å². The Hall–Kier alpha value is -2.01. The average molecular weight is 313 g/mol.